The maximum atomic E-state index is 13.1. The number of benzene rings is 1. The number of para-hydroxylation sites is 1. The molecule has 0 saturated carbocycles. The summed E-state index contributed by atoms with van der Waals surface area (Å²) < 4.78 is 8.75. The molecule has 0 aliphatic rings. The molecule has 3 heterocycles. The number of nitrogens with zero attached hydrogens (tertiary/aromatic N) is 5. The second kappa shape index (κ2) is 7.84. The number of amides is 1. The molecule has 0 fully saturated rings. The summed E-state index contributed by atoms with van der Waals surface area (Å²) in [5, 5.41) is 12.2. The molecule has 0 aliphatic carbocycles. The summed E-state index contributed by atoms with van der Waals surface area (Å²) in [6.07, 6.45) is 5.11. The van der Waals surface area contributed by atoms with E-state index in [1.165, 1.54) is 0 Å². The van der Waals surface area contributed by atoms with Crippen molar-refractivity contribution in [1.82, 2.24) is 24.5 Å². The number of hydrogen-bond acceptors (Lipinski definition) is 5. The van der Waals surface area contributed by atoms with E-state index in [2.05, 4.69) is 15.5 Å². The van der Waals surface area contributed by atoms with Crippen LogP contribution in [-0.2, 0) is 18.5 Å². The first kappa shape index (κ1) is 18.8. The fourth-order valence-corrected chi connectivity index (χ4v) is 3.13. The molecule has 148 valence electrons. The lowest BCUT2D eigenvalue weighted by Gasteiger charge is -2.10. The minimum absolute atomic E-state index is 0.220. The molecule has 4 rings (SSSR count). The number of carbonyl (C=O) groups excluding carboxylic acids is 1. The molecule has 0 aliphatic heterocycles. The minimum Gasteiger partial charge on any atom is -0.360 e. The Morgan fingerprint density at radius 1 is 1.21 bits per heavy atom. The average molecular weight is 390 g/mol. The highest BCUT2D eigenvalue weighted by Crippen LogP contribution is 2.27. The molecule has 0 bridgehead atoms. The zero-order chi connectivity index (χ0) is 20.4. The molecule has 0 atom stereocenters. The number of anilines is 1. The van der Waals surface area contributed by atoms with Crippen molar-refractivity contribution in [3.63, 3.8) is 0 Å². The maximum Gasteiger partial charge on any atom is 0.256 e. The van der Waals surface area contributed by atoms with Gasteiger partial charge in [0, 0.05) is 30.3 Å². The highest BCUT2D eigenvalue weighted by atomic mass is 16.5. The zero-order valence-corrected chi connectivity index (χ0v) is 16.6. The molecule has 1 N–H and O–H groups in total. The number of pyridine rings is 1. The van der Waals surface area contributed by atoms with Crippen LogP contribution < -0.4 is 5.32 Å². The van der Waals surface area contributed by atoms with Crippen molar-refractivity contribution >= 4 is 22.5 Å². The maximum absolute atomic E-state index is 13.1. The summed E-state index contributed by atoms with van der Waals surface area (Å²) in [5.41, 5.74) is 4.51. The van der Waals surface area contributed by atoms with Crippen LogP contribution in [0.5, 0.6) is 0 Å². The molecule has 0 unspecified atom stereocenters. The van der Waals surface area contributed by atoms with Crippen LogP contribution in [0.25, 0.3) is 22.2 Å². The fourth-order valence-electron chi connectivity index (χ4n) is 3.13. The van der Waals surface area contributed by atoms with Crippen LogP contribution in [0.15, 0.2) is 48.9 Å². The standard InChI is InChI=1S/C21H22N6O2/c1-4-29-13-27-12-15(10-23-27)24-21(28)17-9-20(18-11-22-26(3)14(18)2)25-19-8-6-5-7-16(17)19/h5-12H,4,13H2,1-3H3,(H,24,28). The van der Waals surface area contributed by atoms with E-state index < -0.39 is 0 Å². The van der Waals surface area contributed by atoms with E-state index in [1.807, 2.05) is 51.2 Å². The van der Waals surface area contributed by atoms with Gasteiger partial charge >= 0.3 is 0 Å². The first-order chi connectivity index (χ1) is 14.1. The number of nitrogens with one attached hydrogen (secondary N) is 1. The van der Waals surface area contributed by atoms with Gasteiger partial charge in [0.2, 0.25) is 0 Å². The topological polar surface area (TPSA) is 86.9 Å². The summed E-state index contributed by atoms with van der Waals surface area (Å²) in [6.45, 7) is 4.84. The van der Waals surface area contributed by atoms with Crippen LogP contribution in [0.4, 0.5) is 5.69 Å². The highest BCUT2D eigenvalue weighted by Gasteiger charge is 2.17. The van der Waals surface area contributed by atoms with E-state index in [0.717, 1.165) is 22.2 Å². The summed E-state index contributed by atoms with van der Waals surface area (Å²) >= 11 is 0. The number of carbonyl (C=O) groups is 1. The lowest BCUT2D eigenvalue weighted by Crippen LogP contribution is -2.13. The Labute approximate surface area is 168 Å². The van der Waals surface area contributed by atoms with E-state index in [9.17, 15) is 4.79 Å². The quantitative estimate of drug-likeness (QED) is 0.545. The summed E-state index contributed by atoms with van der Waals surface area (Å²) in [6, 6.07) is 9.42. The van der Waals surface area contributed by atoms with Crippen molar-refractivity contribution < 1.29 is 9.53 Å². The van der Waals surface area contributed by atoms with Crippen LogP contribution >= 0.6 is 0 Å². The Morgan fingerprint density at radius 2 is 2.03 bits per heavy atom. The third-order valence-electron chi connectivity index (χ3n) is 4.79. The molecule has 4 aromatic rings. The molecule has 3 aromatic heterocycles. The van der Waals surface area contributed by atoms with Gasteiger partial charge in [-0.1, -0.05) is 18.2 Å². The molecule has 8 nitrogen and oxygen atoms in total. The molecule has 0 saturated heterocycles. The van der Waals surface area contributed by atoms with Crippen molar-refractivity contribution in [3.8, 4) is 11.3 Å². The molecule has 29 heavy (non-hydrogen) atoms. The van der Waals surface area contributed by atoms with Gasteiger partial charge in [-0.3, -0.25) is 9.48 Å². The predicted octanol–water partition coefficient (Wildman–Crippen LogP) is 3.39. The van der Waals surface area contributed by atoms with Gasteiger partial charge in [-0.15, -0.1) is 0 Å². The molecule has 0 radical (unpaired) electrons. The fraction of sp³-hybridized carbons (Fsp3) is 0.238. The smallest absolute Gasteiger partial charge is 0.256 e. The Morgan fingerprint density at radius 3 is 2.79 bits per heavy atom. The van der Waals surface area contributed by atoms with E-state index in [-0.39, 0.29) is 5.91 Å². The first-order valence-corrected chi connectivity index (χ1v) is 9.37. The normalized spacial score (nSPS) is 11.1. The zero-order valence-electron chi connectivity index (χ0n) is 16.6. The van der Waals surface area contributed by atoms with Crippen LogP contribution in [0.3, 0.4) is 0 Å². The van der Waals surface area contributed by atoms with Gasteiger partial charge in [-0.2, -0.15) is 10.2 Å². The van der Waals surface area contributed by atoms with Crippen molar-refractivity contribution in [2.45, 2.75) is 20.6 Å². The van der Waals surface area contributed by atoms with Gasteiger partial charge in [0.15, 0.2) is 0 Å². The van der Waals surface area contributed by atoms with Crippen molar-refractivity contribution in [1.29, 1.82) is 0 Å². The average Bonchev–Trinajstić information content (AvgIpc) is 3.31. The second-order valence-corrected chi connectivity index (χ2v) is 6.68. The number of hydrogen-bond donors (Lipinski definition) is 1. The predicted molar refractivity (Wildman–Crippen MR) is 110 cm³/mol. The number of aryl methyl sites for hydroxylation is 1. The summed E-state index contributed by atoms with van der Waals surface area (Å²) in [7, 11) is 1.88. The van der Waals surface area contributed by atoms with Crippen LogP contribution in [0.1, 0.15) is 23.0 Å². The largest absolute Gasteiger partial charge is 0.360 e. The van der Waals surface area contributed by atoms with Gasteiger partial charge in [-0.25, -0.2) is 9.67 Å². The second-order valence-electron chi connectivity index (χ2n) is 6.68. The Hall–Kier alpha value is -3.52. The molecule has 8 heteroatoms. The summed E-state index contributed by atoms with van der Waals surface area (Å²) in [4.78, 5) is 17.8. The van der Waals surface area contributed by atoms with Gasteiger partial charge < -0.3 is 10.1 Å². The third-order valence-corrected chi connectivity index (χ3v) is 4.79. The third kappa shape index (κ3) is 3.74. The van der Waals surface area contributed by atoms with E-state index >= 15 is 0 Å². The van der Waals surface area contributed by atoms with Gasteiger partial charge in [0.05, 0.1) is 41.1 Å². The van der Waals surface area contributed by atoms with E-state index in [4.69, 9.17) is 9.72 Å². The van der Waals surface area contributed by atoms with Crippen molar-refractivity contribution in [2.24, 2.45) is 7.05 Å². The lowest BCUT2D eigenvalue weighted by molar-refractivity contribution is 0.0792. The van der Waals surface area contributed by atoms with Crippen molar-refractivity contribution in [3.05, 3.63) is 60.2 Å². The van der Waals surface area contributed by atoms with E-state index in [0.29, 0.717) is 30.3 Å². The van der Waals surface area contributed by atoms with Gasteiger partial charge in [0.1, 0.15) is 6.73 Å². The van der Waals surface area contributed by atoms with Crippen LogP contribution in [0, 0.1) is 6.92 Å². The van der Waals surface area contributed by atoms with Crippen molar-refractivity contribution in [2.75, 3.05) is 11.9 Å². The number of fused-ring (bicyclic) bond motifs is 1. The Balaban J connectivity index is 1.71. The highest BCUT2D eigenvalue weighted by molar-refractivity contribution is 6.13. The molecule has 1 amide bonds. The van der Waals surface area contributed by atoms with Gasteiger partial charge in [0.25, 0.3) is 5.91 Å². The Bertz CT molecular complexity index is 1180. The number of ether oxygens (including phenoxy) is 1. The van der Waals surface area contributed by atoms with Crippen LogP contribution in [0.2, 0.25) is 0 Å². The molecule has 1 aromatic carbocycles. The van der Waals surface area contributed by atoms with Gasteiger partial charge in [-0.05, 0) is 26.0 Å². The monoisotopic (exact) mass is 390 g/mol. The molecular formula is C21H22N6O2. The number of rotatable bonds is 6. The SMILES string of the molecule is CCOCn1cc(NC(=O)c2cc(-c3cnn(C)c3C)nc3ccccc23)cn1. The van der Waals surface area contributed by atoms with E-state index in [1.54, 1.807) is 28.0 Å². The first-order valence-electron chi connectivity index (χ1n) is 9.37. The molecule has 0 spiro atoms. The minimum atomic E-state index is -0.220. The molecular weight excluding hydrogens is 368 g/mol. The lowest BCUT2D eigenvalue weighted by atomic mass is 10.0. The Kier molecular flexibility index (Phi) is 5.09. The number of aromatic nitrogens is 5. The summed E-state index contributed by atoms with van der Waals surface area (Å²) in [5.74, 6) is -0.220. The van der Waals surface area contributed by atoms with Crippen LogP contribution in [-0.4, -0.2) is 37.1 Å².